The molecule has 0 N–H and O–H groups in total. The van der Waals surface area contributed by atoms with E-state index in [1.807, 2.05) is 12.1 Å². The molecule has 1 rings (SSSR count). The quantitative estimate of drug-likeness (QED) is 0.256. The van der Waals surface area contributed by atoms with Gasteiger partial charge in [0, 0.05) is 0 Å². The van der Waals surface area contributed by atoms with Crippen LogP contribution in [0.25, 0.3) is 0 Å². The topological polar surface area (TPSA) is 12.9 Å². The third-order valence-corrected chi connectivity index (χ3v) is 1.02. The maximum Gasteiger partial charge on any atom is 2.00 e. The minimum Gasteiger partial charge on any atom is -1.00 e. The Morgan fingerprint density at radius 1 is 1.36 bits per heavy atom. The molecular weight excluding hydrogens is 256 g/mol. The predicted octanol–water partition coefficient (Wildman–Crippen LogP) is -7.72. The van der Waals surface area contributed by atoms with Gasteiger partial charge < -0.3 is 29.8 Å². The summed E-state index contributed by atoms with van der Waals surface area (Å²) in [4.78, 5) is 3.77. The van der Waals surface area contributed by atoms with Crippen molar-refractivity contribution in [3.63, 3.8) is 0 Å². The van der Waals surface area contributed by atoms with Crippen LogP contribution in [0.1, 0.15) is 0 Å². The van der Waals surface area contributed by atoms with E-state index in [1.165, 1.54) is 0 Å². The van der Waals surface area contributed by atoms with Crippen LogP contribution in [0.5, 0.6) is 0 Å². The summed E-state index contributed by atoms with van der Waals surface area (Å²) in [5.74, 6) is 0. The van der Waals surface area contributed by atoms with Crippen molar-refractivity contribution < 1.29 is 43.7 Å². The molecule has 0 saturated carbocycles. The van der Waals surface area contributed by atoms with Crippen molar-refractivity contribution in [3.8, 4) is 0 Å². The Morgan fingerprint density at radius 2 is 1.91 bits per heavy atom. The minimum absolute atomic E-state index is 0. The van der Waals surface area contributed by atoms with Gasteiger partial charge in [-0.2, -0.15) is 12.1 Å². The van der Waals surface area contributed by atoms with Gasteiger partial charge in [0.15, 0.2) is 0 Å². The zero-order chi connectivity index (χ0) is 5.11. The van der Waals surface area contributed by atoms with E-state index in [1.54, 1.807) is 6.07 Å². The van der Waals surface area contributed by atoms with Gasteiger partial charge in [-0.25, -0.2) is 0 Å². The van der Waals surface area contributed by atoms with Crippen molar-refractivity contribution in [1.29, 1.82) is 0 Å². The van der Waals surface area contributed by atoms with Crippen LogP contribution in [0, 0.1) is 6.20 Å². The maximum absolute atomic E-state index is 3.77. The van der Waals surface area contributed by atoms with E-state index >= 15 is 0 Å². The van der Waals surface area contributed by atoms with Crippen LogP contribution in [0.2, 0.25) is 0 Å². The summed E-state index contributed by atoms with van der Waals surface area (Å²) < 4.78 is 0.829. The van der Waals surface area contributed by atoms with Crippen molar-refractivity contribution in [2.45, 2.75) is 0 Å². The van der Waals surface area contributed by atoms with Crippen LogP contribution in [0.3, 0.4) is 0 Å². The molecule has 0 saturated heterocycles. The van der Waals surface area contributed by atoms with Crippen molar-refractivity contribution in [2.24, 2.45) is 0 Å². The van der Waals surface area contributed by atoms with Crippen LogP contribution in [0.15, 0.2) is 22.8 Å². The molecule has 1 aromatic heterocycles. The largest absolute Gasteiger partial charge is 2.00 e. The second-order valence-electron chi connectivity index (χ2n) is 1.09. The molecule has 0 aliphatic heterocycles. The number of aromatic nitrogens is 1. The smallest absolute Gasteiger partial charge is 1.00 e. The average molecular weight is 259 g/mol. The van der Waals surface area contributed by atoms with E-state index in [4.69, 9.17) is 0 Å². The summed E-state index contributed by atoms with van der Waals surface area (Å²) >= 11 is 3.17. The molecule has 1 heterocycles. The first-order valence-electron chi connectivity index (χ1n) is 1.88. The summed E-state index contributed by atoms with van der Waals surface area (Å²) in [6.45, 7) is 0. The van der Waals surface area contributed by atoms with E-state index in [-0.39, 0.29) is 66.7 Å². The van der Waals surface area contributed by atoms with Gasteiger partial charge in [0.1, 0.15) is 0 Å². The first-order chi connectivity index (χ1) is 3.39. The molecule has 0 bridgehead atoms. The van der Waals surface area contributed by atoms with E-state index in [0.717, 1.165) is 4.60 Å². The van der Waals surface area contributed by atoms with Gasteiger partial charge in [-0.1, -0.05) is 6.20 Å². The Bertz CT molecular complexity index is 154. The molecule has 11 heavy (non-hydrogen) atoms. The molecule has 1 aromatic rings. The number of nitrogens with zero attached hydrogens (tertiary/aromatic N) is 1. The Labute approximate surface area is 115 Å². The molecule has 0 amide bonds. The molecule has 6 heteroatoms. The second kappa shape index (κ2) is 14.1. The monoisotopic (exact) mass is 257 g/mol. The molecule has 0 fully saturated rings. The van der Waals surface area contributed by atoms with Crippen LogP contribution >= 0.6 is 15.9 Å². The number of pyridine rings is 1. The Kier molecular flexibility index (Phi) is 29.4. The Morgan fingerprint density at radius 3 is 2.09 bits per heavy atom. The van der Waals surface area contributed by atoms with E-state index in [2.05, 4.69) is 27.1 Å². The van der Waals surface area contributed by atoms with Gasteiger partial charge >= 0.3 is 41.9 Å². The molecule has 52 valence electrons. The molecule has 0 aromatic carbocycles. The van der Waals surface area contributed by atoms with Crippen molar-refractivity contribution in [1.82, 2.24) is 4.98 Å². The fraction of sp³-hybridized carbons (Fsp3) is 0. The fourth-order valence-electron chi connectivity index (χ4n) is 0.307. The van der Waals surface area contributed by atoms with Gasteiger partial charge in [-0.05, 0) is 4.60 Å². The normalized spacial score (nSPS) is 5.55. The number of hydrogen-bond donors (Lipinski definition) is 0. The molecule has 0 aliphatic carbocycles. The SMILES string of the molecule is Brc1ccc[c-]n1.[Cl-].[Cl-].[Li+].[Mg+2]. The minimum atomic E-state index is 0. The Hall–Kier alpha value is 1.57. The molecule has 0 atom stereocenters. The zero-order valence-corrected chi connectivity index (χ0v) is 10.5. The molecule has 0 spiro atoms. The number of rotatable bonds is 0. The van der Waals surface area contributed by atoms with Crippen LogP contribution in [-0.4, -0.2) is 28.0 Å². The zero-order valence-electron chi connectivity index (χ0n) is 6.02. The van der Waals surface area contributed by atoms with Crippen molar-refractivity contribution in [2.75, 3.05) is 0 Å². The van der Waals surface area contributed by atoms with Crippen LogP contribution in [-0.2, 0) is 0 Å². The molecule has 1 nitrogen and oxygen atoms in total. The van der Waals surface area contributed by atoms with Gasteiger partial charge in [0.05, 0.1) is 0 Å². The van der Waals surface area contributed by atoms with Crippen molar-refractivity contribution >= 4 is 39.0 Å². The van der Waals surface area contributed by atoms with Crippen LogP contribution in [0.4, 0.5) is 0 Å². The third kappa shape index (κ3) is 11.6. The molecule has 0 radical (unpaired) electrons. The van der Waals surface area contributed by atoms with Crippen molar-refractivity contribution in [3.05, 3.63) is 29.0 Å². The Balaban J connectivity index is -0.0000000612. The third-order valence-electron chi connectivity index (χ3n) is 0.576. The summed E-state index contributed by atoms with van der Waals surface area (Å²) in [6.07, 6.45) is 2.66. The van der Waals surface area contributed by atoms with Gasteiger partial charge in [-0.3, -0.25) is 0 Å². The standard InChI is InChI=1S/C5H3BrN.2ClH.Li.Mg/c6-5-3-1-2-4-7-5;;;;/h1-3H;2*1H;;/q-1;;;+1;+2/p-2. The van der Waals surface area contributed by atoms with Gasteiger partial charge in [-0.15, -0.1) is 22.0 Å². The van der Waals surface area contributed by atoms with E-state index < -0.39 is 0 Å². The summed E-state index contributed by atoms with van der Waals surface area (Å²) in [7, 11) is 0. The van der Waals surface area contributed by atoms with E-state index in [0.29, 0.717) is 0 Å². The van der Waals surface area contributed by atoms with Gasteiger partial charge in [0.2, 0.25) is 0 Å². The number of hydrogen-bond acceptors (Lipinski definition) is 1. The second-order valence-corrected chi connectivity index (χ2v) is 1.90. The molecular formula is C5H3BrCl2LiMgN. The first-order valence-corrected chi connectivity index (χ1v) is 2.67. The predicted molar refractivity (Wildman–Crippen MR) is 36.5 cm³/mol. The summed E-state index contributed by atoms with van der Waals surface area (Å²) in [6, 6.07) is 5.48. The first kappa shape index (κ1) is 22.9. The molecule has 0 unspecified atom stereocenters. The maximum atomic E-state index is 3.77. The number of halogens is 3. The fourth-order valence-corrected chi connectivity index (χ4v) is 0.562. The summed E-state index contributed by atoms with van der Waals surface area (Å²) in [5.41, 5.74) is 0. The van der Waals surface area contributed by atoms with Crippen LogP contribution < -0.4 is 43.7 Å². The van der Waals surface area contributed by atoms with Gasteiger partial charge in [0.25, 0.3) is 0 Å². The van der Waals surface area contributed by atoms with E-state index in [9.17, 15) is 0 Å². The molecule has 0 aliphatic rings. The summed E-state index contributed by atoms with van der Waals surface area (Å²) in [5, 5.41) is 0. The average Bonchev–Trinajstić information content (AvgIpc) is 1.69.